The first-order valence-corrected chi connectivity index (χ1v) is 4.35. The van der Waals surface area contributed by atoms with Gasteiger partial charge in [0.25, 0.3) is 0 Å². The van der Waals surface area contributed by atoms with Gasteiger partial charge < -0.3 is 4.74 Å². The van der Waals surface area contributed by atoms with E-state index in [1.165, 1.54) is 19.3 Å². The van der Waals surface area contributed by atoms with E-state index in [9.17, 15) is 0 Å². The molecule has 0 spiro atoms. The molecule has 60 valence electrons. The summed E-state index contributed by atoms with van der Waals surface area (Å²) in [4.78, 5) is 0. The van der Waals surface area contributed by atoms with Crippen molar-refractivity contribution in [2.24, 2.45) is 5.92 Å². The second kappa shape index (κ2) is 2.82. The topological polar surface area (TPSA) is 12.5 Å². The third kappa shape index (κ3) is 1.38. The lowest BCUT2D eigenvalue weighted by Gasteiger charge is -2.14. The van der Waals surface area contributed by atoms with Gasteiger partial charge in [-0.3, -0.25) is 0 Å². The standard InChI is InChI=1S/C10H14O/c1-2-9-10(11-9)8-6-4-3-5-7-8/h2-4,8-10H,1,5-7H2. The van der Waals surface area contributed by atoms with Crippen LogP contribution in [0.25, 0.3) is 0 Å². The highest BCUT2D eigenvalue weighted by Gasteiger charge is 2.41. The van der Waals surface area contributed by atoms with Gasteiger partial charge >= 0.3 is 0 Å². The van der Waals surface area contributed by atoms with E-state index >= 15 is 0 Å². The lowest BCUT2D eigenvalue weighted by Crippen LogP contribution is -2.11. The summed E-state index contributed by atoms with van der Waals surface area (Å²) in [6, 6.07) is 0. The number of ether oxygens (including phenoxy) is 1. The van der Waals surface area contributed by atoms with Crippen molar-refractivity contribution in [1.82, 2.24) is 0 Å². The van der Waals surface area contributed by atoms with Crippen LogP contribution in [0.3, 0.4) is 0 Å². The van der Waals surface area contributed by atoms with Crippen LogP contribution in [-0.2, 0) is 4.74 Å². The molecule has 0 aromatic carbocycles. The first kappa shape index (κ1) is 7.11. The van der Waals surface area contributed by atoms with Gasteiger partial charge in [0.2, 0.25) is 0 Å². The molecule has 0 aromatic heterocycles. The first-order valence-electron chi connectivity index (χ1n) is 4.35. The Morgan fingerprint density at radius 1 is 1.45 bits per heavy atom. The fourth-order valence-corrected chi connectivity index (χ4v) is 1.82. The first-order chi connectivity index (χ1) is 5.42. The van der Waals surface area contributed by atoms with Gasteiger partial charge in [0, 0.05) is 0 Å². The number of rotatable bonds is 2. The number of epoxide rings is 1. The average molecular weight is 150 g/mol. The minimum atomic E-state index is 0.367. The van der Waals surface area contributed by atoms with Crippen molar-refractivity contribution in [3.8, 4) is 0 Å². The molecule has 2 rings (SSSR count). The highest BCUT2D eigenvalue weighted by atomic mass is 16.6. The summed E-state index contributed by atoms with van der Waals surface area (Å²) in [6.45, 7) is 3.72. The molecule has 3 unspecified atom stereocenters. The predicted octanol–water partition coefficient (Wildman–Crippen LogP) is 2.30. The highest BCUT2D eigenvalue weighted by Crippen LogP contribution is 2.36. The van der Waals surface area contributed by atoms with Gasteiger partial charge in [-0.05, 0) is 25.2 Å². The van der Waals surface area contributed by atoms with Gasteiger partial charge in [0.1, 0.15) is 6.10 Å². The Bertz CT molecular complexity index is 183. The van der Waals surface area contributed by atoms with E-state index in [1.54, 1.807) is 0 Å². The fourth-order valence-electron chi connectivity index (χ4n) is 1.82. The van der Waals surface area contributed by atoms with E-state index in [0.29, 0.717) is 12.2 Å². The molecule has 1 fully saturated rings. The molecular formula is C10H14O. The molecule has 11 heavy (non-hydrogen) atoms. The lowest BCUT2D eigenvalue weighted by molar-refractivity contribution is 0.307. The Labute approximate surface area is 67.7 Å². The van der Waals surface area contributed by atoms with E-state index in [2.05, 4.69) is 18.7 Å². The minimum absolute atomic E-state index is 0.367. The van der Waals surface area contributed by atoms with E-state index in [-0.39, 0.29) is 0 Å². The molecule has 1 heteroatoms. The summed E-state index contributed by atoms with van der Waals surface area (Å²) >= 11 is 0. The molecule has 1 saturated heterocycles. The van der Waals surface area contributed by atoms with Crippen LogP contribution in [0.4, 0.5) is 0 Å². The molecule has 1 nitrogen and oxygen atoms in total. The maximum atomic E-state index is 5.45. The Hall–Kier alpha value is -0.560. The summed E-state index contributed by atoms with van der Waals surface area (Å²) in [5.74, 6) is 0.767. The molecule has 0 radical (unpaired) electrons. The second-order valence-electron chi connectivity index (χ2n) is 3.35. The van der Waals surface area contributed by atoms with Crippen LogP contribution in [0.5, 0.6) is 0 Å². The molecule has 3 atom stereocenters. The minimum Gasteiger partial charge on any atom is -0.365 e. The van der Waals surface area contributed by atoms with Crippen LogP contribution in [0, 0.1) is 5.92 Å². The molecule has 0 N–H and O–H groups in total. The number of hydrogen-bond donors (Lipinski definition) is 0. The smallest absolute Gasteiger partial charge is 0.102 e. The molecule has 1 aliphatic heterocycles. The Morgan fingerprint density at radius 2 is 2.36 bits per heavy atom. The largest absolute Gasteiger partial charge is 0.365 e. The lowest BCUT2D eigenvalue weighted by atomic mass is 9.90. The Morgan fingerprint density at radius 3 is 2.91 bits per heavy atom. The summed E-state index contributed by atoms with van der Waals surface area (Å²) in [7, 11) is 0. The van der Waals surface area contributed by atoms with Crippen LogP contribution >= 0.6 is 0 Å². The number of hydrogen-bond acceptors (Lipinski definition) is 1. The Kier molecular flexibility index (Phi) is 1.82. The summed E-state index contributed by atoms with van der Waals surface area (Å²) in [6.07, 6.45) is 11.1. The van der Waals surface area contributed by atoms with Crippen molar-refractivity contribution in [3.63, 3.8) is 0 Å². The summed E-state index contributed by atoms with van der Waals surface area (Å²) < 4.78 is 5.45. The van der Waals surface area contributed by atoms with Crippen LogP contribution in [0.1, 0.15) is 19.3 Å². The number of allylic oxidation sites excluding steroid dienone is 2. The van der Waals surface area contributed by atoms with Gasteiger partial charge in [-0.25, -0.2) is 0 Å². The van der Waals surface area contributed by atoms with Crippen LogP contribution in [0.2, 0.25) is 0 Å². The summed E-state index contributed by atoms with van der Waals surface area (Å²) in [5.41, 5.74) is 0. The zero-order valence-corrected chi connectivity index (χ0v) is 6.70. The molecule has 0 bridgehead atoms. The van der Waals surface area contributed by atoms with E-state index in [4.69, 9.17) is 4.74 Å². The fraction of sp³-hybridized carbons (Fsp3) is 0.600. The van der Waals surface area contributed by atoms with E-state index in [0.717, 1.165) is 5.92 Å². The maximum absolute atomic E-state index is 5.45. The molecule has 0 aromatic rings. The molecule has 1 heterocycles. The molecule has 0 amide bonds. The average Bonchev–Trinajstić information content (AvgIpc) is 2.85. The zero-order valence-electron chi connectivity index (χ0n) is 6.70. The van der Waals surface area contributed by atoms with Crippen molar-refractivity contribution >= 4 is 0 Å². The van der Waals surface area contributed by atoms with Crippen molar-refractivity contribution < 1.29 is 4.74 Å². The molecule has 0 saturated carbocycles. The van der Waals surface area contributed by atoms with Crippen molar-refractivity contribution in [1.29, 1.82) is 0 Å². The van der Waals surface area contributed by atoms with Crippen molar-refractivity contribution in [2.75, 3.05) is 0 Å². The third-order valence-corrected chi connectivity index (χ3v) is 2.57. The van der Waals surface area contributed by atoms with E-state index in [1.807, 2.05) is 6.08 Å². The normalized spacial score (nSPS) is 42.0. The monoisotopic (exact) mass is 150 g/mol. The van der Waals surface area contributed by atoms with Crippen molar-refractivity contribution in [3.05, 3.63) is 24.8 Å². The Balaban J connectivity index is 1.87. The highest BCUT2D eigenvalue weighted by molar-refractivity contribution is 5.04. The quantitative estimate of drug-likeness (QED) is 0.434. The molecule has 1 aliphatic carbocycles. The second-order valence-corrected chi connectivity index (χ2v) is 3.35. The van der Waals surface area contributed by atoms with Gasteiger partial charge in [-0.15, -0.1) is 6.58 Å². The zero-order chi connectivity index (χ0) is 7.68. The SMILES string of the molecule is C=CC1OC1C1CC=CCC1. The van der Waals surface area contributed by atoms with Gasteiger partial charge in [-0.2, -0.15) is 0 Å². The van der Waals surface area contributed by atoms with E-state index < -0.39 is 0 Å². The van der Waals surface area contributed by atoms with Crippen molar-refractivity contribution in [2.45, 2.75) is 31.5 Å². The van der Waals surface area contributed by atoms with Gasteiger partial charge in [-0.1, -0.05) is 18.2 Å². The molecule has 2 aliphatic rings. The summed E-state index contributed by atoms with van der Waals surface area (Å²) in [5, 5.41) is 0. The molecular weight excluding hydrogens is 136 g/mol. The maximum Gasteiger partial charge on any atom is 0.102 e. The predicted molar refractivity (Wildman–Crippen MR) is 45.3 cm³/mol. The van der Waals surface area contributed by atoms with Gasteiger partial charge in [0.05, 0.1) is 6.10 Å². The van der Waals surface area contributed by atoms with Crippen LogP contribution in [0.15, 0.2) is 24.8 Å². The third-order valence-electron chi connectivity index (χ3n) is 2.57. The van der Waals surface area contributed by atoms with Gasteiger partial charge in [0.15, 0.2) is 0 Å². The van der Waals surface area contributed by atoms with Crippen LogP contribution in [-0.4, -0.2) is 12.2 Å². The van der Waals surface area contributed by atoms with Crippen LogP contribution < -0.4 is 0 Å².